The molecule has 0 bridgehead atoms. The average Bonchev–Trinajstić information content (AvgIpc) is 1.38. The minimum atomic E-state index is -0.386. The van der Waals surface area contributed by atoms with E-state index in [-0.39, 0.29) is 39.8 Å². The van der Waals surface area contributed by atoms with Crippen molar-refractivity contribution < 1.29 is 31.0 Å². The molecule has 0 amide bonds. The summed E-state index contributed by atoms with van der Waals surface area (Å²) in [7, 11) is -0.386. The molecule has 0 aromatic carbocycles. The maximum atomic E-state index is 3.62. The van der Waals surface area contributed by atoms with Crippen molar-refractivity contribution in [2.24, 2.45) is 0 Å². The van der Waals surface area contributed by atoms with Crippen LogP contribution in [0.15, 0.2) is 12.3 Å². The van der Waals surface area contributed by atoms with E-state index in [1.165, 1.54) is 0 Å². The van der Waals surface area contributed by atoms with Crippen molar-refractivity contribution in [2.45, 2.75) is 13.1 Å². The van der Waals surface area contributed by atoms with Crippen LogP contribution >= 0.6 is 0 Å². The normalized spacial score (nSPS) is 7.17. The summed E-state index contributed by atoms with van der Waals surface area (Å²) in [6.45, 7) is 8.11. The van der Waals surface area contributed by atoms with Crippen molar-refractivity contribution in [1.29, 1.82) is 0 Å². The summed E-state index contributed by atoms with van der Waals surface area (Å²) in [5, 5.41) is 0. The molecule has 0 unspecified atom stereocenters. The van der Waals surface area contributed by atoms with E-state index in [0.717, 1.165) is 0 Å². The molecule has 6 heavy (non-hydrogen) atoms. The summed E-state index contributed by atoms with van der Waals surface area (Å²) in [4.78, 5) is 0. The zero-order valence-corrected chi connectivity index (χ0v) is 8.02. The van der Waals surface area contributed by atoms with Gasteiger partial charge < -0.3 is 1.43 Å². The van der Waals surface area contributed by atoms with E-state index in [9.17, 15) is 0 Å². The molecule has 32 valence electrons. The fraction of sp³-hybridized carbons (Fsp3) is 0.500. The van der Waals surface area contributed by atoms with Crippen LogP contribution in [0.25, 0.3) is 0 Å². The Morgan fingerprint density at radius 2 is 1.83 bits per heavy atom. The first-order chi connectivity index (χ1) is 2.27. The van der Waals surface area contributed by atoms with Crippen LogP contribution in [0, 0.1) is 0 Å². The Hall–Kier alpha value is 0.957. The van der Waals surface area contributed by atoms with Gasteiger partial charge in [-0.05, 0) is 0 Å². The second-order valence-electron chi connectivity index (χ2n) is 1.48. The third-order valence-electron chi connectivity index (χ3n) is 0.471. The van der Waals surface area contributed by atoms with E-state index in [0.29, 0.717) is 0 Å². The summed E-state index contributed by atoms with van der Waals surface area (Å²) >= 11 is 0. The molecule has 0 rings (SSSR count). The summed E-state index contributed by atoms with van der Waals surface area (Å²) in [6.07, 6.45) is 0. The molecule has 0 heterocycles. The molecule has 0 aromatic heterocycles. The van der Waals surface area contributed by atoms with E-state index in [1.807, 2.05) is 0 Å². The van der Waals surface area contributed by atoms with Gasteiger partial charge in [-0.3, -0.25) is 0 Å². The fourth-order valence-corrected chi connectivity index (χ4v) is 0. The van der Waals surface area contributed by atoms with Gasteiger partial charge in [-0.15, -0.1) is 12.3 Å². The van der Waals surface area contributed by atoms with Gasteiger partial charge in [-0.2, -0.15) is 0 Å². The van der Waals surface area contributed by atoms with Crippen LogP contribution in [-0.2, 0) is 0 Å². The van der Waals surface area contributed by atoms with Crippen LogP contribution < -0.4 is 29.6 Å². The van der Waals surface area contributed by atoms with Gasteiger partial charge in [0.25, 0.3) is 0 Å². The summed E-state index contributed by atoms with van der Waals surface area (Å²) < 4.78 is 0. The van der Waals surface area contributed by atoms with E-state index in [1.54, 1.807) is 0 Å². The summed E-state index contributed by atoms with van der Waals surface area (Å²) in [6, 6.07) is 0. The molecule has 2 heteroatoms. The van der Waals surface area contributed by atoms with Crippen LogP contribution in [0.3, 0.4) is 0 Å². The average molecular weight is 110 g/mol. The van der Waals surface area contributed by atoms with Gasteiger partial charge in [0.05, 0.1) is 8.80 Å². The number of hydrogen-bond acceptors (Lipinski definition) is 0. The first kappa shape index (κ1) is 10.0. The quantitative estimate of drug-likeness (QED) is 0.354. The summed E-state index contributed by atoms with van der Waals surface area (Å²) in [5.41, 5.74) is 2.06. The molecule has 0 atom stereocenters. The minimum absolute atomic E-state index is 0. The molecule has 0 aliphatic rings. The first-order valence-electron chi connectivity index (χ1n) is 1.90. The van der Waals surface area contributed by atoms with E-state index >= 15 is 0 Å². The SMILES string of the molecule is C=C[SiH](C)C.[H-].[Na+]. The monoisotopic (exact) mass is 110 g/mol. The van der Waals surface area contributed by atoms with E-state index in [2.05, 4.69) is 25.4 Å². The standard InChI is InChI=1S/C4H10Si.Na.H/c1-4-5(2)3;;/h4-5H,1H2,2-3H3;;/q;+1;-1. The van der Waals surface area contributed by atoms with Gasteiger partial charge in [0.1, 0.15) is 0 Å². The van der Waals surface area contributed by atoms with Crippen LogP contribution in [0.4, 0.5) is 0 Å². The Bertz CT molecular complexity index is 38.7. The summed E-state index contributed by atoms with van der Waals surface area (Å²) in [5.74, 6) is 0. The first-order valence-corrected chi connectivity index (χ1v) is 4.87. The topological polar surface area (TPSA) is 0 Å². The van der Waals surface area contributed by atoms with Crippen LogP contribution in [0.2, 0.25) is 13.1 Å². The Morgan fingerprint density at radius 1 is 1.67 bits per heavy atom. The Labute approximate surface area is 65.0 Å². The Morgan fingerprint density at radius 3 is 1.83 bits per heavy atom. The van der Waals surface area contributed by atoms with Crippen molar-refractivity contribution in [2.75, 3.05) is 0 Å². The maximum Gasteiger partial charge on any atom is 1.00 e. The van der Waals surface area contributed by atoms with Gasteiger partial charge in [-0.25, -0.2) is 0 Å². The molecule has 0 radical (unpaired) electrons. The molecule has 0 N–H and O–H groups in total. The maximum absolute atomic E-state index is 3.62. The van der Waals surface area contributed by atoms with Gasteiger partial charge in [0, 0.05) is 0 Å². The van der Waals surface area contributed by atoms with Gasteiger partial charge in [0.2, 0.25) is 0 Å². The Kier molecular flexibility index (Phi) is 9.97. The van der Waals surface area contributed by atoms with Crippen molar-refractivity contribution in [3.8, 4) is 0 Å². The second kappa shape index (κ2) is 5.96. The number of hydrogen-bond donors (Lipinski definition) is 0. The van der Waals surface area contributed by atoms with Gasteiger partial charge in [-0.1, -0.05) is 13.1 Å². The molecule has 0 saturated carbocycles. The predicted octanol–water partition coefficient (Wildman–Crippen LogP) is -1.69. The molecule has 0 spiro atoms. The molecular weight excluding hydrogens is 99.1 g/mol. The van der Waals surface area contributed by atoms with E-state index in [4.69, 9.17) is 0 Å². The molecular formula is C4H11NaSi. The number of rotatable bonds is 1. The zero-order chi connectivity index (χ0) is 4.28. The van der Waals surface area contributed by atoms with Crippen molar-refractivity contribution in [1.82, 2.24) is 0 Å². The van der Waals surface area contributed by atoms with Crippen molar-refractivity contribution in [3.63, 3.8) is 0 Å². The second-order valence-corrected chi connectivity index (χ2v) is 4.44. The van der Waals surface area contributed by atoms with E-state index < -0.39 is 0 Å². The van der Waals surface area contributed by atoms with Crippen molar-refractivity contribution in [3.05, 3.63) is 12.3 Å². The molecule has 0 nitrogen and oxygen atoms in total. The van der Waals surface area contributed by atoms with Crippen LogP contribution in [0.1, 0.15) is 1.43 Å². The molecule has 0 aliphatic heterocycles. The Balaban J connectivity index is -0.0000000800. The zero-order valence-electron chi connectivity index (χ0n) is 5.86. The smallest absolute Gasteiger partial charge is 1.00 e. The fourth-order valence-electron chi connectivity index (χ4n) is 0. The third-order valence-corrected chi connectivity index (χ3v) is 1.41. The largest absolute Gasteiger partial charge is 1.00 e. The minimum Gasteiger partial charge on any atom is -1.00 e. The van der Waals surface area contributed by atoms with Crippen LogP contribution in [-0.4, -0.2) is 8.80 Å². The van der Waals surface area contributed by atoms with Crippen molar-refractivity contribution >= 4 is 8.80 Å². The molecule has 0 aliphatic carbocycles. The van der Waals surface area contributed by atoms with Gasteiger partial charge in [0.15, 0.2) is 0 Å². The molecule has 0 aromatic rings. The van der Waals surface area contributed by atoms with Crippen LogP contribution in [0.5, 0.6) is 0 Å². The molecule has 0 saturated heterocycles. The molecule has 0 fully saturated rings. The third kappa shape index (κ3) is 8.88. The predicted molar refractivity (Wildman–Crippen MR) is 30.2 cm³/mol. The van der Waals surface area contributed by atoms with Gasteiger partial charge >= 0.3 is 29.6 Å².